The molecule has 2 N–H and O–H groups in total. The van der Waals surface area contributed by atoms with E-state index < -0.39 is 0 Å². The first-order valence-electron chi connectivity index (χ1n) is 6.69. The Hall–Kier alpha value is -1.89. The summed E-state index contributed by atoms with van der Waals surface area (Å²) in [7, 11) is 0. The summed E-state index contributed by atoms with van der Waals surface area (Å²) in [6.07, 6.45) is 3.73. The lowest BCUT2D eigenvalue weighted by atomic mass is 10.2. The first-order valence-corrected chi connectivity index (χ1v) is 6.69. The number of hydrogen-bond donors (Lipinski definition) is 2. The highest BCUT2D eigenvalue weighted by molar-refractivity contribution is 5.51. The molecule has 0 spiro atoms. The molecule has 0 saturated carbocycles. The maximum atomic E-state index is 11.4. The number of aromatic nitrogens is 4. The van der Waals surface area contributed by atoms with E-state index in [0.717, 1.165) is 38.3 Å². The van der Waals surface area contributed by atoms with Crippen LogP contribution in [0.4, 0.5) is 5.82 Å². The van der Waals surface area contributed by atoms with Crippen LogP contribution in [0.15, 0.2) is 17.2 Å². The van der Waals surface area contributed by atoms with Crippen LogP contribution in [0, 0.1) is 0 Å². The second kappa shape index (κ2) is 5.00. The maximum absolute atomic E-state index is 11.4. The summed E-state index contributed by atoms with van der Waals surface area (Å²) in [6.45, 7) is 5.16. The van der Waals surface area contributed by atoms with Crippen molar-refractivity contribution in [1.29, 1.82) is 0 Å². The molecule has 2 aromatic rings. The summed E-state index contributed by atoms with van der Waals surface area (Å²) in [4.78, 5) is 18.1. The second-order valence-corrected chi connectivity index (χ2v) is 4.84. The lowest BCUT2D eigenvalue weighted by Crippen LogP contribution is -2.38. The van der Waals surface area contributed by atoms with Crippen molar-refractivity contribution in [3.8, 4) is 0 Å². The minimum atomic E-state index is -0.251. The molecule has 1 fully saturated rings. The molecule has 0 aliphatic carbocycles. The topological polar surface area (TPSA) is 78.3 Å². The molecule has 1 aliphatic heterocycles. The Balaban J connectivity index is 1.96. The third-order valence-electron chi connectivity index (χ3n) is 3.53. The average molecular weight is 262 g/mol. The van der Waals surface area contributed by atoms with E-state index in [0.29, 0.717) is 11.7 Å². The summed E-state index contributed by atoms with van der Waals surface area (Å²) in [5.41, 5.74) is 0.362. The van der Waals surface area contributed by atoms with Gasteiger partial charge in [0, 0.05) is 25.2 Å². The van der Waals surface area contributed by atoms with Gasteiger partial charge in [-0.2, -0.15) is 5.10 Å². The zero-order valence-electron chi connectivity index (χ0n) is 11.0. The summed E-state index contributed by atoms with van der Waals surface area (Å²) in [5, 5.41) is 9.80. The number of H-pyrrole nitrogens is 1. The molecule has 3 heterocycles. The van der Waals surface area contributed by atoms with Crippen LogP contribution in [0.25, 0.3) is 5.65 Å². The Morgan fingerprint density at radius 1 is 1.58 bits per heavy atom. The fourth-order valence-corrected chi connectivity index (χ4v) is 2.59. The Morgan fingerprint density at radius 2 is 2.47 bits per heavy atom. The number of aromatic amines is 1. The smallest absolute Gasteiger partial charge is 0.348 e. The van der Waals surface area contributed by atoms with Gasteiger partial charge in [0.25, 0.3) is 0 Å². The number of nitrogens with zero attached hydrogens (tertiary/aromatic N) is 4. The minimum absolute atomic E-state index is 0.251. The van der Waals surface area contributed by atoms with Gasteiger partial charge in [0.05, 0.1) is 0 Å². The van der Waals surface area contributed by atoms with Gasteiger partial charge < -0.3 is 10.2 Å². The van der Waals surface area contributed by atoms with Crippen molar-refractivity contribution in [3.63, 3.8) is 0 Å². The normalized spacial score (nSPS) is 19.1. The Morgan fingerprint density at radius 3 is 3.21 bits per heavy atom. The van der Waals surface area contributed by atoms with Crippen molar-refractivity contribution < 1.29 is 0 Å². The van der Waals surface area contributed by atoms with Gasteiger partial charge >= 0.3 is 5.69 Å². The first kappa shape index (κ1) is 12.2. The van der Waals surface area contributed by atoms with E-state index in [1.54, 1.807) is 6.33 Å². The SMILES string of the molecule is CCCN(c1cc2n[nH]c(=O)n2cn1)C1CCNC1. The van der Waals surface area contributed by atoms with Crippen molar-refractivity contribution in [3.05, 3.63) is 22.9 Å². The van der Waals surface area contributed by atoms with Gasteiger partial charge in [-0.05, 0) is 19.4 Å². The van der Waals surface area contributed by atoms with Crippen LogP contribution in [0.1, 0.15) is 19.8 Å². The van der Waals surface area contributed by atoms with Gasteiger partial charge in [-0.1, -0.05) is 6.92 Å². The number of hydrogen-bond acceptors (Lipinski definition) is 5. The largest absolute Gasteiger partial charge is 0.352 e. The predicted octanol–water partition coefficient (Wildman–Crippen LogP) is -0.00410. The molecule has 1 atom stereocenters. The molecule has 102 valence electrons. The quantitative estimate of drug-likeness (QED) is 0.810. The monoisotopic (exact) mass is 262 g/mol. The molecule has 0 aromatic carbocycles. The molecule has 0 radical (unpaired) electrons. The zero-order valence-corrected chi connectivity index (χ0v) is 11.0. The van der Waals surface area contributed by atoms with Gasteiger partial charge in [-0.25, -0.2) is 19.3 Å². The predicted molar refractivity (Wildman–Crippen MR) is 72.5 cm³/mol. The summed E-state index contributed by atoms with van der Waals surface area (Å²) in [5.74, 6) is 0.891. The second-order valence-electron chi connectivity index (χ2n) is 4.84. The first-order chi connectivity index (χ1) is 9.29. The molecule has 19 heavy (non-hydrogen) atoms. The number of fused-ring (bicyclic) bond motifs is 1. The van der Waals surface area contributed by atoms with E-state index in [1.165, 1.54) is 4.40 Å². The maximum Gasteiger partial charge on any atom is 0.348 e. The summed E-state index contributed by atoms with van der Waals surface area (Å²) < 4.78 is 1.42. The molecule has 1 saturated heterocycles. The van der Waals surface area contributed by atoms with Crippen molar-refractivity contribution in [1.82, 2.24) is 24.9 Å². The van der Waals surface area contributed by atoms with Crippen LogP contribution in [0.5, 0.6) is 0 Å². The molecule has 0 bridgehead atoms. The van der Waals surface area contributed by atoms with E-state index in [1.807, 2.05) is 6.07 Å². The third kappa shape index (κ3) is 2.21. The lowest BCUT2D eigenvalue weighted by molar-refractivity contribution is 0.617. The van der Waals surface area contributed by atoms with Gasteiger partial charge in [0.15, 0.2) is 5.65 Å². The highest BCUT2D eigenvalue weighted by Crippen LogP contribution is 2.18. The molecule has 7 heteroatoms. The van der Waals surface area contributed by atoms with E-state index in [9.17, 15) is 4.79 Å². The van der Waals surface area contributed by atoms with E-state index >= 15 is 0 Å². The van der Waals surface area contributed by atoms with Crippen LogP contribution in [0.2, 0.25) is 0 Å². The third-order valence-corrected chi connectivity index (χ3v) is 3.53. The Labute approximate surface area is 110 Å². The molecule has 2 aromatic heterocycles. The number of anilines is 1. The highest BCUT2D eigenvalue weighted by Gasteiger charge is 2.23. The molecular weight excluding hydrogens is 244 g/mol. The van der Waals surface area contributed by atoms with Gasteiger partial charge in [-0.15, -0.1) is 0 Å². The fraction of sp³-hybridized carbons (Fsp3) is 0.583. The fourth-order valence-electron chi connectivity index (χ4n) is 2.59. The lowest BCUT2D eigenvalue weighted by Gasteiger charge is -2.29. The molecule has 1 aliphatic rings. The van der Waals surface area contributed by atoms with E-state index in [4.69, 9.17) is 0 Å². The van der Waals surface area contributed by atoms with Gasteiger partial charge in [0.2, 0.25) is 0 Å². The average Bonchev–Trinajstić information content (AvgIpc) is 3.06. The van der Waals surface area contributed by atoms with Crippen molar-refractivity contribution >= 4 is 11.5 Å². The van der Waals surface area contributed by atoms with Crippen molar-refractivity contribution in [2.45, 2.75) is 25.8 Å². The van der Waals surface area contributed by atoms with E-state index in [-0.39, 0.29) is 5.69 Å². The molecule has 3 rings (SSSR count). The van der Waals surface area contributed by atoms with Crippen molar-refractivity contribution in [2.75, 3.05) is 24.5 Å². The Kier molecular flexibility index (Phi) is 3.20. The van der Waals surface area contributed by atoms with Crippen LogP contribution >= 0.6 is 0 Å². The number of rotatable bonds is 4. The summed E-state index contributed by atoms with van der Waals surface area (Å²) >= 11 is 0. The zero-order chi connectivity index (χ0) is 13.2. The van der Waals surface area contributed by atoms with E-state index in [2.05, 4.69) is 32.3 Å². The van der Waals surface area contributed by atoms with Crippen LogP contribution in [-0.2, 0) is 0 Å². The molecule has 7 nitrogen and oxygen atoms in total. The van der Waals surface area contributed by atoms with Gasteiger partial charge in [-0.3, -0.25) is 0 Å². The molecule has 1 unspecified atom stereocenters. The molecular formula is C12H18N6O. The molecule has 0 amide bonds. The minimum Gasteiger partial charge on any atom is -0.352 e. The highest BCUT2D eigenvalue weighted by atomic mass is 16.1. The summed E-state index contributed by atoms with van der Waals surface area (Å²) in [6, 6.07) is 2.34. The van der Waals surface area contributed by atoms with Crippen LogP contribution in [0.3, 0.4) is 0 Å². The van der Waals surface area contributed by atoms with Crippen LogP contribution < -0.4 is 15.9 Å². The standard InChI is InChI=1S/C12H18N6O/c1-2-5-17(9-3-4-13-7-9)10-6-11-15-16-12(19)18(11)8-14-10/h6,8-9,13H,2-5,7H2,1H3,(H,16,19). The Bertz CT molecular complexity index is 612. The van der Waals surface area contributed by atoms with Crippen molar-refractivity contribution in [2.24, 2.45) is 0 Å². The number of nitrogens with one attached hydrogen (secondary N) is 2. The van der Waals surface area contributed by atoms with Crippen LogP contribution in [-0.4, -0.2) is 45.3 Å². The van der Waals surface area contributed by atoms with Gasteiger partial charge in [0.1, 0.15) is 12.1 Å².